The molecule has 0 unspecified atom stereocenters. The fourth-order valence-corrected chi connectivity index (χ4v) is 6.64. The number of ether oxygens (including phenoxy) is 1. The number of aliphatic hydroxyl groups excluding tert-OH is 1. The minimum absolute atomic E-state index is 0.0217. The summed E-state index contributed by atoms with van der Waals surface area (Å²) < 4.78 is 34.1. The summed E-state index contributed by atoms with van der Waals surface area (Å²) >= 11 is 0. The van der Waals surface area contributed by atoms with Gasteiger partial charge in [0.05, 0.1) is 41.0 Å². The van der Waals surface area contributed by atoms with Gasteiger partial charge in [-0.2, -0.15) is 4.31 Å². The standard InChI is InChI=1S/C35H45N5O7S/c1-24-21-40(25(2)23-41)35(44)28-20-26(37-33(42)16-8-5-9-17-34(43)38-30-15-11-10-14-29(30)36)18-19-31(28)47-32(24)22-39(3)48(45,46)27-12-6-4-7-13-27/h4,6-7,10-15,18-20,24-25,32,41H,5,8-9,16-17,21-23,36H2,1-3H3,(H,37,42)(H,38,43)/t24-,25-,32-/m0/s1. The van der Waals surface area contributed by atoms with Crippen molar-refractivity contribution >= 4 is 44.8 Å². The van der Waals surface area contributed by atoms with E-state index in [4.69, 9.17) is 10.5 Å². The van der Waals surface area contributed by atoms with Crippen molar-refractivity contribution in [1.29, 1.82) is 0 Å². The van der Waals surface area contributed by atoms with Gasteiger partial charge in [-0.05, 0) is 62.2 Å². The summed E-state index contributed by atoms with van der Waals surface area (Å²) in [6.07, 6.45) is 1.76. The van der Waals surface area contributed by atoms with Gasteiger partial charge >= 0.3 is 0 Å². The number of nitrogens with one attached hydrogen (secondary N) is 2. The van der Waals surface area contributed by atoms with Crippen molar-refractivity contribution in [1.82, 2.24) is 9.21 Å². The number of aliphatic hydroxyl groups is 1. The van der Waals surface area contributed by atoms with Crippen LogP contribution in [0.15, 0.2) is 77.7 Å². The molecule has 258 valence electrons. The molecule has 0 saturated carbocycles. The molecule has 4 rings (SSSR count). The predicted molar refractivity (Wildman–Crippen MR) is 185 cm³/mol. The molecule has 0 fully saturated rings. The molecule has 12 nitrogen and oxygen atoms in total. The van der Waals surface area contributed by atoms with Gasteiger partial charge in [-0.15, -0.1) is 0 Å². The summed E-state index contributed by atoms with van der Waals surface area (Å²) in [5.74, 6) is -0.780. The van der Waals surface area contributed by atoms with Crippen LogP contribution in [0.4, 0.5) is 17.1 Å². The number of nitrogen functional groups attached to an aromatic ring is 1. The van der Waals surface area contributed by atoms with Gasteiger partial charge in [0, 0.05) is 38.0 Å². The molecule has 13 heteroatoms. The highest BCUT2D eigenvalue weighted by Gasteiger charge is 2.35. The highest BCUT2D eigenvalue weighted by molar-refractivity contribution is 7.89. The van der Waals surface area contributed by atoms with Crippen molar-refractivity contribution in [3.63, 3.8) is 0 Å². The average molecular weight is 680 g/mol. The van der Waals surface area contributed by atoms with E-state index in [-0.39, 0.29) is 66.0 Å². The Morgan fingerprint density at radius 3 is 2.31 bits per heavy atom. The molecule has 0 radical (unpaired) electrons. The third-order valence-electron chi connectivity index (χ3n) is 8.38. The number of sulfonamides is 1. The summed E-state index contributed by atoms with van der Waals surface area (Å²) in [6, 6.07) is 19.4. The molecule has 5 N–H and O–H groups in total. The first-order chi connectivity index (χ1) is 22.9. The minimum Gasteiger partial charge on any atom is -0.488 e. The largest absolute Gasteiger partial charge is 0.488 e. The monoisotopic (exact) mass is 679 g/mol. The summed E-state index contributed by atoms with van der Waals surface area (Å²) in [5.41, 5.74) is 7.54. The Kier molecular flexibility index (Phi) is 12.6. The smallest absolute Gasteiger partial charge is 0.258 e. The van der Waals surface area contributed by atoms with Gasteiger partial charge in [0.2, 0.25) is 21.8 Å². The Morgan fingerprint density at radius 1 is 1.00 bits per heavy atom. The van der Waals surface area contributed by atoms with Crippen molar-refractivity contribution < 1.29 is 32.6 Å². The number of anilines is 3. The Balaban J connectivity index is 1.40. The molecule has 3 atom stereocenters. The van der Waals surface area contributed by atoms with E-state index in [1.165, 1.54) is 23.5 Å². The number of hydrogen-bond donors (Lipinski definition) is 4. The van der Waals surface area contributed by atoms with Crippen molar-refractivity contribution in [3.8, 4) is 5.75 Å². The number of fused-ring (bicyclic) bond motifs is 1. The highest BCUT2D eigenvalue weighted by Crippen LogP contribution is 2.31. The molecular weight excluding hydrogens is 634 g/mol. The number of rotatable bonds is 14. The van der Waals surface area contributed by atoms with E-state index >= 15 is 0 Å². The lowest BCUT2D eigenvalue weighted by atomic mass is 9.99. The first-order valence-electron chi connectivity index (χ1n) is 16.1. The zero-order valence-corrected chi connectivity index (χ0v) is 28.4. The number of carbonyl (C=O) groups excluding carboxylic acids is 3. The second-order valence-electron chi connectivity index (χ2n) is 12.2. The fraction of sp³-hybridized carbons (Fsp3) is 0.400. The van der Waals surface area contributed by atoms with Crippen LogP contribution in [-0.4, -0.2) is 79.3 Å². The summed E-state index contributed by atoms with van der Waals surface area (Å²) in [7, 11) is -2.30. The first-order valence-corrected chi connectivity index (χ1v) is 17.5. The van der Waals surface area contributed by atoms with Crippen LogP contribution in [0, 0.1) is 5.92 Å². The maximum Gasteiger partial charge on any atom is 0.258 e. The van der Waals surface area contributed by atoms with Crippen molar-refractivity contribution in [2.75, 3.05) is 43.1 Å². The Bertz CT molecular complexity index is 1690. The Labute approximate surface area is 282 Å². The van der Waals surface area contributed by atoms with Gasteiger partial charge in [0.25, 0.3) is 5.91 Å². The lowest BCUT2D eigenvalue weighted by Crippen LogP contribution is -2.50. The van der Waals surface area contributed by atoms with Gasteiger partial charge in [0.1, 0.15) is 11.9 Å². The van der Waals surface area contributed by atoms with Gasteiger partial charge in [-0.25, -0.2) is 8.42 Å². The Morgan fingerprint density at radius 2 is 1.65 bits per heavy atom. The van der Waals surface area contributed by atoms with Gasteiger partial charge in [0.15, 0.2) is 0 Å². The SMILES string of the molecule is C[C@H]1CN([C@@H](C)CO)C(=O)c2cc(NC(=O)CCCCCC(=O)Nc3ccccc3N)ccc2O[C@H]1CN(C)S(=O)(=O)c1ccccc1. The van der Waals surface area contributed by atoms with E-state index in [0.717, 1.165) is 0 Å². The van der Waals surface area contributed by atoms with Gasteiger partial charge in [-0.1, -0.05) is 43.7 Å². The molecule has 1 aliphatic heterocycles. The number of benzene rings is 3. The number of hydrogen-bond acceptors (Lipinski definition) is 8. The number of likely N-dealkylation sites (N-methyl/N-ethyl adjacent to an activating group) is 1. The first kappa shape index (κ1) is 36.4. The molecule has 3 aromatic carbocycles. The molecule has 0 saturated heterocycles. The van der Waals surface area contributed by atoms with E-state index in [0.29, 0.717) is 42.7 Å². The Hall–Kier alpha value is -4.46. The van der Waals surface area contributed by atoms with Crippen molar-refractivity contribution in [2.24, 2.45) is 5.92 Å². The summed E-state index contributed by atoms with van der Waals surface area (Å²) in [4.78, 5) is 40.5. The lowest BCUT2D eigenvalue weighted by Gasteiger charge is -2.38. The van der Waals surface area contributed by atoms with Crippen LogP contribution in [0.1, 0.15) is 56.3 Å². The number of amides is 3. The minimum atomic E-state index is -3.80. The number of nitrogens with two attached hydrogens (primary N) is 1. The van der Waals surface area contributed by atoms with Crippen LogP contribution in [0.2, 0.25) is 0 Å². The van der Waals surface area contributed by atoms with Crippen molar-refractivity contribution in [2.45, 2.75) is 63.0 Å². The van der Waals surface area contributed by atoms with E-state index in [2.05, 4.69) is 10.6 Å². The van der Waals surface area contributed by atoms with Crippen LogP contribution in [0.5, 0.6) is 5.75 Å². The summed E-state index contributed by atoms with van der Waals surface area (Å²) in [6.45, 7) is 3.59. The predicted octanol–water partition coefficient (Wildman–Crippen LogP) is 4.34. The lowest BCUT2D eigenvalue weighted by molar-refractivity contribution is -0.116. The van der Waals surface area contributed by atoms with Crippen LogP contribution in [-0.2, 0) is 19.6 Å². The molecule has 0 bridgehead atoms. The molecular formula is C35H45N5O7S. The van der Waals surface area contributed by atoms with E-state index in [1.54, 1.807) is 72.5 Å². The van der Waals surface area contributed by atoms with Crippen LogP contribution >= 0.6 is 0 Å². The second-order valence-corrected chi connectivity index (χ2v) is 14.2. The van der Waals surface area contributed by atoms with Gasteiger partial charge < -0.3 is 31.1 Å². The topological polar surface area (TPSA) is 171 Å². The molecule has 1 heterocycles. The molecule has 48 heavy (non-hydrogen) atoms. The normalized spacial score (nSPS) is 17.1. The molecule has 1 aliphatic rings. The summed E-state index contributed by atoms with van der Waals surface area (Å²) in [5, 5.41) is 15.6. The fourth-order valence-electron chi connectivity index (χ4n) is 5.44. The second kappa shape index (κ2) is 16.6. The maximum absolute atomic E-state index is 13.8. The van der Waals surface area contributed by atoms with E-state index in [1.807, 2.05) is 6.92 Å². The number of unbranched alkanes of at least 4 members (excludes halogenated alkanes) is 2. The zero-order valence-electron chi connectivity index (χ0n) is 27.6. The maximum atomic E-state index is 13.8. The van der Waals surface area contributed by atoms with E-state index in [9.17, 15) is 27.9 Å². The molecule has 3 aromatic rings. The molecule has 0 aliphatic carbocycles. The van der Waals surface area contributed by atoms with Gasteiger partial charge in [-0.3, -0.25) is 14.4 Å². The number of carbonyl (C=O) groups is 3. The molecule has 0 aromatic heterocycles. The average Bonchev–Trinajstić information content (AvgIpc) is 3.07. The third-order valence-corrected chi connectivity index (χ3v) is 10.2. The number of nitrogens with zero attached hydrogens (tertiary/aromatic N) is 2. The highest BCUT2D eigenvalue weighted by atomic mass is 32.2. The quantitative estimate of drug-likeness (QED) is 0.144. The third kappa shape index (κ3) is 9.33. The van der Waals surface area contributed by atoms with Crippen LogP contribution in [0.3, 0.4) is 0 Å². The number of para-hydroxylation sites is 2. The van der Waals surface area contributed by atoms with E-state index < -0.39 is 22.2 Å². The zero-order chi connectivity index (χ0) is 34.8. The molecule has 3 amide bonds. The molecule has 0 spiro atoms. The van der Waals surface area contributed by atoms with Crippen LogP contribution in [0.25, 0.3) is 0 Å². The van der Waals surface area contributed by atoms with Crippen molar-refractivity contribution in [3.05, 3.63) is 78.4 Å². The van der Waals surface area contributed by atoms with Crippen LogP contribution < -0.4 is 21.1 Å².